The summed E-state index contributed by atoms with van der Waals surface area (Å²) >= 11 is 0. The number of carboxylic acids is 1. The Morgan fingerprint density at radius 2 is 1.90 bits per heavy atom. The van der Waals surface area contributed by atoms with Crippen LogP contribution in [0, 0.1) is 0 Å². The number of nitrogens with zero attached hydrogens (tertiary/aromatic N) is 1. The van der Waals surface area contributed by atoms with Gasteiger partial charge in [0, 0.05) is 12.6 Å². The van der Waals surface area contributed by atoms with E-state index in [1.807, 2.05) is 0 Å². The summed E-state index contributed by atoms with van der Waals surface area (Å²) in [6, 6.07) is 5.95. The van der Waals surface area contributed by atoms with Crippen molar-refractivity contribution in [2.24, 2.45) is 0 Å². The van der Waals surface area contributed by atoms with E-state index >= 15 is 0 Å². The first-order chi connectivity index (χ1) is 9.86. The minimum absolute atomic E-state index is 0.0624. The van der Waals surface area contributed by atoms with E-state index in [0.29, 0.717) is 0 Å². The maximum atomic E-state index is 12.5. The number of rotatable bonds is 3. The van der Waals surface area contributed by atoms with Crippen molar-refractivity contribution in [1.82, 2.24) is 4.90 Å². The van der Waals surface area contributed by atoms with Crippen molar-refractivity contribution in [3.05, 3.63) is 35.4 Å². The highest BCUT2D eigenvalue weighted by atomic mass is 16.5. The van der Waals surface area contributed by atoms with Crippen LogP contribution in [0.25, 0.3) is 0 Å². The average molecular weight is 291 g/mol. The Balaban J connectivity index is 2.81. The molecule has 2 rings (SSSR count). The Morgan fingerprint density at radius 3 is 2.48 bits per heavy atom. The number of hydrogen-bond donors (Lipinski definition) is 1. The second kappa shape index (κ2) is 5.01. The van der Waals surface area contributed by atoms with Gasteiger partial charge in [-0.15, -0.1) is 0 Å². The number of ether oxygens (including phenoxy) is 1. The summed E-state index contributed by atoms with van der Waals surface area (Å²) in [7, 11) is 2.28. The number of carbonyl (C=O) groups is 4. The summed E-state index contributed by atoms with van der Waals surface area (Å²) in [5.74, 6) is -3.83. The third-order valence-corrected chi connectivity index (χ3v) is 3.54. The number of methoxy groups -OCH3 is 1. The number of carboxylic acid groups (broad SMARTS) is 1. The smallest absolute Gasteiger partial charge is 0.326 e. The van der Waals surface area contributed by atoms with Crippen LogP contribution in [0.5, 0.6) is 0 Å². The molecule has 1 unspecified atom stereocenters. The molecule has 110 valence electrons. The number of aliphatic carboxylic acids is 1. The molecule has 0 fully saturated rings. The highest BCUT2D eigenvalue weighted by Crippen LogP contribution is 2.38. The Hall–Kier alpha value is -2.70. The first-order valence-electron chi connectivity index (χ1n) is 6.08. The zero-order chi connectivity index (χ0) is 15.8. The molecule has 0 saturated carbocycles. The molecule has 0 aromatic heterocycles. The minimum Gasteiger partial charge on any atom is -0.481 e. The predicted octanol–water partition coefficient (Wildman–Crippen LogP) is 0.184. The number of hydrogen-bond acceptors (Lipinski definition) is 5. The van der Waals surface area contributed by atoms with Gasteiger partial charge in [0.25, 0.3) is 11.8 Å². The van der Waals surface area contributed by atoms with Crippen LogP contribution < -0.4 is 0 Å². The lowest BCUT2D eigenvalue weighted by molar-refractivity contribution is -0.160. The van der Waals surface area contributed by atoms with Crippen molar-refractivity contribution in [1.29, 1.82) is 0 Å². The highest BCUT2D eigenvalue weighted by Gasteiger charge is 2.57. The van der Waals surface area contributed by atoms with E-state index < -0.39 is 35.6 Å². The van der Waals surface area contributed by atoms with E-state index in [1.165, 1.54) is 25.2 Å². The van der Waals surface area contributed by atoms with Crippen LogP contribution in [0.4, 0.5) is 0 Å². The normalized spacial score (nSPS) is 21.0. The Morgan fingerprint density at radius 1 is 1.29 bits per heavy atom. The molecule has 1 atom stereocenters. The summed E-state index contributed by atoms with van der Waals surface area (Å²) in [6.07, 6.45) is -0.785. The largest absolute Gasteiger partial charge is 0.481 e. The third-order valence-electron chi connectivity index (χ3n) is 3.54. The monoisotopic (exact) mass is 291 g/mol. The molecule has 7 heteroatoms. The number of likely N-dealkylation sites (N-methyl/N-ethyl adjacent to an activating group) is 1. The van der Waals surface area contributed by atoms with Gasteiger partial charge in [-0.3, -0.25) is 24.1 Å². The average Bonchev–Trinajstić information content (AvgIpc) is 2.48. The van der Waals surface area contributed by atoms with E-state index in [-0.39, 0.29) is 11.1 Å². The summed E-state index contributed by atoms with van der Waals surface area (Å²) in [5.41, 5.74) is -1.86. The summed E-state index contributed by atoms with van der Waals surface area (Å²) < 4.78 is 4.64. The highest BCUT2D eigenvalue weighted by molar-refractivity contribution is 6.22. The molecule has 1 aromatic rings. The van der Waals surface area contributed by atoms with Crippen molar-refractivity contribution in [2.75, 3.05) is 14.2 Å². The molecular weight excluding hydrogens is 278 g/mol. The van der Waals surface area contributed by atoms with Crippen molar-refractivity contribution in [2.45, 2.75) is 11.8 Å². The molecule has 2 amide bonds. The van der Waals surface area contributed by atoms with Crippen LogP contribution in [0.2, 0.25) is 0 Å². The van der Waals surface area contributed by atoms with Crippen LogP contribution in [0.3, 0.4) is 0 Å². The van der Waals surface area contributed by atoms with Crippen molar-refractivity contribution < 1.29 is 29.0 Å². The number of fused-ring (bicyclic) bond motifs is 1. The molecule has 1 aliphatic rings. The first kappa shape index (κ1) is 14.7. The van der Waals surface area contributed by atoms with E-state index in [4.69, 9.17) is 5.11 Å². The summed E-state index contributed by atoms with van der Waals surface area (Å²) in [5, 5.41) is 9.11. The van der Waals surface area contributed by atoms with Crippen LogP contribution >= 0.6 is 0 Å². The maximum Gasteiger partial charge on any atom is 0.326 e. The van der Waals surface area contributed by atoms with Gasteiger partial charge in [-0.25, -0.2) is 0 Å². The van der Waals surface area contributed by atoms with Crippen molar-refractivity contribution in [3.8, 4) is 0 Å². The van der Waals surface area contributed by atoms with E-state index in [9.17, 15) is 19.2 Å². The number of imide groups is 1. The minimum atomic E-state index is -2.04. The lowest BCUT2D eigenvalue weighted by Gasteiger charge is -2.37. The van der Waals surface area contributed by atoms with E-state index in [0.717, 1.165) is 12.0 Å². The van der Waals surface area contributed by atoms with Crippen LogP contribution in [-0.4, -0.2) is 47.9 Å². The standard InChI is InChI=1S/C14H13NO6/c1-15-11(18)8-5-3-4-6-9(8)14(12(15)19,7-10(16)17)13(20)21-2/h3-6H,7H2,1-2H3,(H,16,17). The molecule has 7 nitrogen and oxygen atoms in total. The fourth-order valence-electron chi connectivity index (χ4n) is 2.56. The van der Waals surface area contributed by atoms with Gasteiger partial charge >= 0.3 is 11.9 Å². The number of amides is 2. The van der Waals surface area contributed by atoms with Gasteiger partial charge in [-0.1, -0.05) is 18.2 Å². The number of benzene rings is 1. The third kappa shape index (κ3) is 1.97. The molecule has 1 aromatic carbocycles. The quantitative estimate of drug-likeness (QED) is 0.484. The van der Waals surface area contributed by atoms with Gasteiger partial charge in [-0.2, -0.15) is 0 Å². The van der Waals surface area contributed by atoms with Crippen LogP contribution in [0.1, 0.15) is 22.3 Å². The zero-order valence-electron chi connectivity index (χ0n) is 11.5. The van der Waals surface area contributed by atoms with Gasteiger partial charge in [0.2, 0.25) is 0 Å². The molecule has 0 aliphatic carbocycles. The molecule has 0 bridgehead atoms. The van der Waals surface area contributed by atoms with Crippen LogP contribution in [0.15, 0.2) is 24.3 Å². The van der Waals surface area contributed by atoms with Crippen molar-refractivity contribution >= 4 is 23.8 Å². The van der Waals surface area contributed by atoms with Crippen molar-refractivity contribution in [3.63, 3.8) is 0 Å². The SMILES string of the molecule is COC(=O)C1(CC(=O)O)C(=O)N(C)C(=O)c2ccccc21. The Bertz CT molecular complexity index is 653. The predicted molar refractivity (Wildman–Crippen MR) is 69.5 cm³/mol. The zero-order valence-corrected chi connectivity index (χ0v) is 11.5. The van der Waals surface area contributed by atoms with Gasteiger partial charge < -0.3 is 9.84 Å². The lowest BCUT2D eigenvalue weighted by Crippen LogP contribution is -2.58. The molecule has 1 N–H and O–H groups in total. The Labute approximate surface area is 120 Å². The molecule has 21 heavy (non-hydrogen) atoms. The lowest BCUT2D eigenvalue weighted by atomic mass is 9.71. The summed E-state index contributed by atoms with van der Waals surface area (Å²) in [4.78, 5) is 48.7. The fraction of sp³-hybridized carbons (Fsp3) is 0.286. The molecule has 1 aliphatic heterocycles. The molecule has 0 spiro atoms. The van der Waals surface area contributed by atoms with Gasteiger partial charge in [-0.05, 0) is 11.6 Å². The topological polar surface area (TPSA) is 101 Å². The molecule has 0 radical (unpaired) electrons. The second-order valence-corrected chi connectivity index (χ2v) is 4.68. The molecule has 1 heterocycles. The van der Waals surface area contributed by atoms with Gasteiger partial charge in [0.15, 0.2) is 5.41 Å². The van der Waals surface area contributed by atoms with E-state index in [2.05, 4.69) is 4.74 Å². The fourth-order valence-corrected chi connectivity index (χ4v) is 2.56. The van der Waals surface area contributed by atoms with E-state index in [1.54, 1.807) is 6.07 Å². The second-order valence-electron chi connectivity index (χ2n) is 4.68. The van der Waals surface area contributed by atoms with Crippen LogP contribution in [-0.2, 0) is 24.5 Å². The molecule has 0 saturated heterocycles. The Kier molecular flexibility index (Phi) is 3.51. The maximum absolute atomic E-state index is 12.5. The van der Waals surface area contributed by atoms with Gasteiger partial charge in [0.1, 0.15) is 0 Å². The number of esters is 1. The molecular formula is C14H13NO6. The number of carbonyl (C=O) groups excluding carboxylic acids is 3. The van der Waals surface area contributed by atoms with Gasteiger partial charge in [0.05, 0.1) is 13.5 Å². The summed E-state index contributed by atoms with van der Waals surface area (Å²) in [6.45, 7) is 0. The first-order valence-corrected chi connectivity index (χ1v) is 6.08.